The molecule has 2 saturated heterocycles. The van der Waals surface area contributed by atoms with Crippen molar-refractivity contribution < 1.29 is 18.0 Å². The summed E-state index contributed by atoms with van der Waals surface area (Å²) in [7, 11) is -3.37. The summed E-state index contributed by atoms with van der Waals surface area (Å²) in [5, 5.41) is 6.04. The number of amides is 2. The van der Waals surface area contributed by atoms with Crippen molar-refractivity contribution >= 4 is 21.8 Å². The van der Waals surface area contributed by atoms with Crippen LogP contribution in [0.15, 0.2) is 30.3 Å². The first-order valence-corrected chi connectivity index (χ1v) is 13.4. The van der Waals surface area contributed by atoms with E-state index >= 15 is 0 Å². The van der Waals surface area contributed by atoms with Gasteiger partial charge in [-0.2, -0.15) is 0 Å². The zero-order valence-corrected chi connectivity index (χ0v) is 19.8. The maximum Gasteiger partial charge on any atom is 0.223 e. The Hall–Kier alpha value is -1.97. The summed E-state index contributed by atoms with van der Waals surface area (Å²) < 4.78 is 25.3. The number of nitrogens with one attached hydrogen (secondary N) is 2. The highest BCUT2D eigenvalue weighted by Crippen LogP contribution is 2.18. The van der Waals surface area contributed by atoms with E-state index in [-0.39, 0.29) is 36.7 Å². The number of nitrogens with zero attached hydrogens (tertiary/aromatic N) is 2. The summed E-state index contributed by atoms with van der Waals surface area (Å²) in [5.74, 6) is -0.381. The maximum absolute atomic E-state index is 13.0. The standard InChI is InChI=1S/C23H36N4O4S/c1-32(30,31)27-14-5-8-20(9-13-24-22(28)12-17-27)23(29)25-21-10-15-26(16-11-21)18-19-6-3-2-4-7-19/h2-4,6-7,20-21H,5,8-18H2,1H3,(H,24,28)(H,25,29). The Bertz CT molecular complexity index is 854. The van der Waals surface area contributed by atoms with E-state index in [9.17, 15) is 18.0 Å². The number of benzene rings is 1. The van der Waals surface area contributed by atoms with Crippen molar-refractivity contribution in [3.8, 4) is 0 Å². The van der Waals surface area contributed by atoms with Gasteiger partial charge in [-0.1, -0.05) is 30.3 Å². The van der Waals surface area contributed by atoms with E-state index in [2.05, 4.69) is 39.8 Å². The minimum atomic E-state index is -3.37. The molecule has 1 unspecified atom stereocenters. The van der Waals surface area contributed by atoms with E-state index in [1.54, 1.807) is 0 Å². The van der Waals surface area contributed by atoms with E-state index in [1.807, 2.05) is 6.07 Å². The zero-order chi connectivity index (χ0) is 23.0. The second-order valence-electron chi connectivity index (χ2n) is 8.93. The fourth-order valence-corrected chi connectivity index (χ4v) is 5.34. The molecule has 9 heteroatoms. The molecule has 0 aliphatic carbocycles. The molecule has 0 bridgehead atoms. The lowest BCUT2D eigenvalue weighted by molar-refractivity contribution is -0.127. The second kappa shape index (κ2) is 11.8. The summed E-state index contributed by atoms with van der Waals surface area (Å²) in [6.45, 7) is 3.79. The van der Waals surface area contributed by atoms with Crippen LogP contribution in [0.1, 0.15) is 44.1 Å². The van der Waals surface area contributed by atoms with Crippen LogP contribution in [-0.4, -0.2) is 74.5 Å². The minimum absolute atomic E-state index is 0.0194. The van der Waals surface area contributed by atoms with Crippen LogP contribution in [0.2, 0.25) is 0 Å². The number of hydrogen-bond donors (Lipinski definition) is 2. The molecule has 0 aromatic heterocycles. The third kappa shape index (κ3) is 7.86. The molecule has 8 nitrogen and oxygen atoms in total. The van der Waals surface area contributed by atoms with E-state index < -0.39 is 10.0 Å². The first-order chi connectivity index (χ1) is 15.3. The molecule has 178 valence electrons. The molecule has 1 aromatic rings. The second-order valence-corrected chi connectivity index (χ2v) is 10.9. The molecule has 1 aromatic carbocycles. The molecular formula is C23H36N4O4S. The van der Waals surface area contributed by atoms with Crippen LogP contribution >= 0.6 is 0 Å². The van der Waals surface area contributed by atoms with Crippen LogP contribution in [0, 0.1) is 5.92 Å². The van der Waals surface area contributed by atoms with Gasteiger partial charge in [-0.25, -0.2) is 12.7 Å². The molecule has 0 saturated carbocycles. The normalized spacial score (nSPS) is 23.2. The van der Waals surface area contributed by atoms with Gasteiger partial charge in [0.1, 0.15) is 0 Å². The van der Waals surface area contributed by atoms with Crippen LogP contribution in [-0.2, 0) is 26.2 Å². The third-order valence-electron chi connectivity index (χ3n) is 6.39. The van der Waals surface area contributed by atoms with Gasteiger partial charge < -0.3 is 10.6 Å². The number of likely N-dealkylation sites (tertiary alicyclic amines) is 1. The Morgan fingerprint density at radius 3 is 2.47 bits per heavy atom. The molecule has 0 radical (unpaired) electrons. The molecule has 2 amide bonds. The smallest absolute Gasteiger partial charge is 0.223 e. The predicted octanol–water partition coefficient (Wildman–Crippen LogP) is 1.34. The molecule has 2 aliphatic heterocycles. The molecule has 32 heavy (non-hydrogen) atoms. The summed E-state index contributed by atoms with van der Waals surface area (Å²) in [4.78, 5) is 27.4. The summed E-state index contributed by atoms with van der Waals surface area (Å²) in [6, 6.07) is 10.6. The van der Waals surface area contributed by atoms with Crippen molar-refractivity contribution in [2.24, 2.45) is 5.92 Å². The Morgan fingerprint density at radius 2 is 1.78 bits per heavy atom. The number of rotatable bonds is 5. The molecule has 2 N–H and O–H groups in total. The lowest BCUT2D eigenvalue weighted by Gasteiger charge is -2.33. The number of sulfonamides is 1. The number of hydrogen-bond acceptors (Lipinski definition) is 5. The molecule has 0 spiro atoms. The van der Waals surface area contributed by atoms with Crippen LogP contribution in [0.5, 0.6) is 0 Å². The Balaban J connectivity index is 1.49. The molecule has 1 atom stereocenters. The zero-order valence-electron chi connectivity index (χ0n) is 19.0. The van der Waals surface area contributed by atoms with Gasteiger partial charge >= 0.3 is 0 Å². The topological polar surface area (TPSA) is 98.8 Å². The van der Waals surface area contributed by atoms with Crippen LogP contribution in [0.4, 0.5) is 0 Å². The van der Waals surface area contributed by atoms with Gasteiger partial charge in [0, 0.05) is 57.6 Å². The molecule has 2 heterocycles. The highest BCUT2D eigenvalue weighted by atomic mass is 32.2. The first kappa shape index (κ1) is 24.7. The molecule has 2 aliphatic rings. The van der Waals surface area contributed by atoms with Crippen molar-refractivity contribution in [1.82, 2.24) is 19.8 Å². The molecule has 2 fully saturated rings. The Kier molecular flexibility index (Phi) is 9.07. The van der Waals surface area contributed by atoms with Gasteiger partial charge in [-0.05, 0) is 37.7 Å². The SMILES string of the molecule is CS(=O)(=O)N1CCCC(C(=O)NC2CCN(Cc3ccccc3)CC2)CCNC(=O)CC1. The van der Waals surface area contributed by atoms with Crippen molar-refractivity contribution in [3.63, 3.8) is 0 Å². The minimum Gasteiger partial charge on any atom is -0.356 e. The van der Waals surface area contributed by atoms with Crippen molar-refractivity contribution in [3.05, 3.63) is 35.9 Å². The van der Waals surface area contributed by atoms with Gasteiger partial charge in [-0.3, -0.25) is 14.5 Å². The lowest BCUT2D eigenvalue weighted by Crippen LogP contribution is -2.46. The predicted molar refractivity (Wildman–Crippen MR) is 124 cm³/mol. The fourth-order valence-electron chi connectivity index (χ4n) is 4.46. The summed E-state index contributed by atoms with van der Waals surface area (Å²) in [6.07, 6.45) is 4.94. The maximum atomic E-state index is 13.0. The first-order valence-electron chi connectivity index (χ1n) is 11.6. The van der Waals surface area contributed by atoms with Gasteiger partial charge in [0.15, 0.2) is 0 Å². The average molecular weight is 465 g/mol. The van der Waals surface area contributed by atoms with Gasteiger partial charge in [-0.15, -0.1) is 0 Å². The summed E-state index contributed by atoms with van der Waals surface area (Å²) in [5.41, 5.74) is 1.30. The van der Waals surface area contributed by atoms with Gasteiger partial charge in [0.2, 0.25) is 21.8 Å². The van der Waals surface area contributed by atoms with E-state index in [4.69, 9.17) is 0 Å². The van der Waals surface area contributed by atoms with Crippen molar-refractivity contribution in [2.75, 3.05) is 39.0 Å². The average Bonchev–Trinajstić information content (AvgIpc) is 2.80. The monoisotopic (exact) mass is 464 g/mol. The highest BCUT2D eigenvalue weighted by Gasteiger charge is 2.26. The van der Waals surface area contributed by atoms with Crippen molar-refractivity contribution in [1.29, 1.82) is 0 Å². The fraction of sp³-hybridized carbons (Fsp3) is 0.652. The van der Waals surface area contributed by atoms with Crippen LogP contribution in [0.25, 0.3) is 0 Å². The molecule has 3 rings (SSSR count). The number of carbonyl (C=O) groups is 2. The van der Waals surface area contributed by atoms with Crippen LogP contribution < -0.4 is 10.6 Å². The van der Waals surface area contributed by atoms with E-state index in [0.29, 0.717) is 32.4 Å². The van der Waals surface area contributed by atoms with E-state index in [0.717, 1.165) is 32.5 Å². The van der Waals surface area contributed by atoms with E-state index in [1.165, 1.54) is 16.1 Å². The lowest BCUT2D eigenvalue weighted by atomic mass is 9.96. The van der Waals surface area contributed by atoms with Gasteiger partial charge in [0.05, 0.1) is 6.26 Å². The van der Waals surface area contributed by atoms with Crippen LogP contribution in [0.3, 0.4) is 0 Å². The summed E-state index contributed by atoms with van der Waals surface area (Å²) >= 11 is 0. The number of piperidine rings is 1. The third-order valence-corrected chi connectivity index (χ3v) is 7.69. The van der Waals surface area contributed by atoms with Gasteiger partial charge in [0.25, 0.3) is 0 Å². The number of carbonyl (C=O) groups excluding carboxylic acids is 2. The Morgan fingerprint density at radius 1 is 1.06 bits per heavy atom. The quantitative estimate of drug-likeness (QED) is 0.685. The largest absolute Gasteiger partial charge is 0.356 e. The molecular weight excluding hydrogens is 428 g/mol. The Labute approximate surface area is 191 Å². The van der Waals surface area contributed by atoms with Crippen molar-refractivity contribution in [2.45, 2.75) is 51.1 Å². The highest BCUT2D eigenvalue weighted by molar-refractivity contribution is 7.88.